The summed E-state index contributed by atoms with van der Waals surface area (Å²) in [6.07, 6.45) is 8.45. The van der Waals surface area contributed by atoms with Gasteiger partial charge in [-0.1, -0.05) is 5.16 Å². The van der Waals surface area contributed by atoms with Crippen LogP contribution >= 0.6 is 0 Å². The molecule has 0 bridgehead atoms. The number of allylic oxidation sites excluding steroid dienone is 1. The van der Waals surface area contributed by atoms with Crippen LogP contribution in [0, 0.1) is 0 Å². The number of nitrogens with one attached hydrogen (secondary N) is 1. The Morgan fingerprint density at radius 3 is 2.96 bits per heavy atom. The van der Waals surface area contributed by atoms with Gasteiger partial charge in [0.25, 0.3) is 0 Å². The van der Waals surface area contributed by atoms with Crippen LogP contribution in [0.1, 0.15) is 19.5 Å². The fourth-order valence-electron chi connectivity index (χ4n) is 2.56. The summed E-state index contributed by atoms with van der Waals surface area (Å²) in [5.41, 5.74) is 8.91. The van der Waals surface area contributed by atoms with Crippen LogP contribution in [0.3, 0.4) is 0 Å². The van der Waals surface area contributed by atoms with Gasteiger partial charge in [-0.05, 0) is 13.8 Å². The topological polar surface area (TPSA) is 102 Å². The molecule has 1 aliphatic heterocycles. The number of aliphatic imine (C=N–C) groups is 1. The molecule has 2 aromatic rings. The Balaban J connectivity index is 2.01. The van der Waals surface area contributed by atoms with Crippen molar-refractivity contribution in [3.8, 4) is 0 Å². The largest absolute Gasteiger partial charge is 0.404 e. The van der Waals surface area contributed by atoms with Gasteiger partial charge in [0, 0.05) is 37.4 Å². The third kappa shape index (κ3) is 2.63. The number of oxime groups is 1. The minimum Gasteiger partial charge on any atom is -0.404 e. The van der Waals surface area contributed by atoms with Crippen molar-refractivity contribution in [1.82, 2.24) is 14.4 Å². The van der Waals surface area contributed by atoms with Gasteiger partial charge < -0.3 is 15.9 Å². The normalized spacial score (nSPS) is 21.7. The summed E-state index contributed by atoms with van der Waals surface area (Å²) in [6, 6.07) is -0.0319. The third-order valence-electron chi connectivity index (χ3n) is 3.75. The molecular formula is C15H19N7O. The van der Waals surface area contributed by atoms with Crippen molar-refractivity contribution >= 4 is 29.0 Å². The second-order valence-electron chi connectivity index (χ2n) is 5.29. The number of hydrogen-bond acceptors (Lipinski definition) is 7. The maximum atomic E-state index is 5.69. The Hall–Kier alpha value is -2.90. The molecule has 0 saturated carbocycles. The maximum absolute atomic E-state index is 5.69. The molecule has 2 unspecified atom stereocenters. The smallest absolute Gasteiger partial charge is 0.180 e. The van der Waals surface area contributed by atoms with Crippen LogP contribution in [0.25, 0.3) is 11.2 Å². The van der Waals surface area contributed by atoms with Crippen LogP contribution in [0.2, 0.25) is 0 Å². The molecule has 0 radical (unpaired) electrons. The number of nitrogens with zero attached hydrogens (tertiary/aromatic N) is 5. The van der Waals surface area contributed by atoms with Crippen molar-refractivity contribution in [2.45, 2.75) is 26.0 Å². The van der Waals surface area contributed by atoms with Gasteiger partial charge in [0.05, 0.1) is 17.6 Å². The first kappa shape index (κ1) is 15.0. The zero-order valence-corrected chi connectivity index (χ0v) is 13.3. The van der Waals surface area contributed by atoms with E-state index in [0.29, 0.717) is 11.5 Å². The van der Waals surface area contributed by atoms with Crippen LogP contribution in [0.4, 0.5) is 5.82 Å². The number of hydrogen-bond donors (Lipinski definition) is 2. The predicted molar refractivity (Wildman–Crippen MR) is 90.6 cm³/mol. The first-order valence-corrected chi connectivity index (χ1v) is 7.29. The zero-order chi connectivity index (χ0) is 16.4. The lowest BCUT2D eigenvalue weighted by Crippen LogP contribution is -2.34. The molecule has 0 aromatic carbocycles. The number of fused-ring (bicyclic) bond motifs is 1. The summed E-state index contributed by atoms with van der Waals surface area (Å²) in [6.45, 7) is 3.88. The fraction of sp³-hybridized carbons (Fsp3) is 0.333. The van der Waals surface area contributed by atoms with Gasteiger partial charge in [0.15, 0.2) is 11.5 Å². The van der Waals surface area contributed by atoms with Gasteiger partial charge >= 0.3 is 0 Å². The molecule has 3 heterocycles. The molecule has 23 heavy (non-hydrogen) atoms. The molecule has 8 heteroatoms. The van der Waals surface area contributed by atoms with Gasteiger partial charge in [-0.25, -0.2) is 9.97 Å². The van der Waals surface area contributed by atoms with E-state index in [0.717, 1.165) is 17.0 Å². The van der Waals surface area contributed by atoms with Crippen molar-refractivity contribution < 1.29 is 4.84 Å². The van der Waals surface area contributed by atoms with Gasteiger partial charge in [-0.3, -0.25) is 9.39 Å². The van der Waals surface area contributed by atoms with E-state index in [4.69, 9.17) is 10.6 Å². The van der Waals surface area contributed by atoms with Crippen molar-refractivity contribution in [3.63, 3.8) is 0 Å². The standard InChI is InChI=1S/C15H19N7O/c1-9-13(10(2)23-21-9)20-14-15-19-8-12(11(6-16)7-17-3)22(15)5-4-18-14/h4-8,10,13H,16H2,1-3H3,(H,18,20). The van der Waals surface area contributed by atoms with Crippen LogP contribution in [0.15, 0.2) is 34.9 Å². The number of nitrogens with two attached hydrogens (primary N) is 1. The second kappa shape index (κ2) is 6.07. The Kier molecular flexibility index (Phi) is 3.96. The molecular weight excluding hydrogens is 294 g/mol. The first-order chi connectivity index (χ1) is 11.2. The van der Waals surface area contributed by atoms with Crippen LogP contribution in [-0.2, 0) is 4.84 Å². The average Bonchev–Trinajstić information content (AvgIpc) is 3.12. The fourth-order valence-corrected chi connectivity index (χ4v) is 2.56. The Labute approximate surface area is 133 Å². The summed E-state index contributed by atoms with van der Waals surface area (Å²) >= 11 is 0. The average molecular weight is 313 g/mol. The van der Waals surface area contributed by atoms with Crippen molar-refractivity contribution in [2.75, 3.05) is 12.4 Å². The summed E-state index contributed by atoms with van der Waals surface area (Å²) in [7, 11) is 1.70. The Morgan fingerprint density at radius 2 is 2.30 bits per heavy atom. The molecule has 0 spiro atoms. The number of imidazole rings is 1. The predicted octanol–water partition coefficient (Wildman–Crippen LogP) is 1.30. The quantitative estimate of drug-likeness (QED) is 0.828. The lowest BCUT2D eigenvalue weighted by molar-refractivity contribution is 0.0944. The summed E-state index contributed by atoms with van der Waals surface area (Å²) in [4.78, 5) is 18.2. The molecule has 120 valence electrons. The van der Waals surface area contributed by atoms with E-state index in [1.54, 1.807) is 25.7 Å². The molecule has 8 nitrogen and oxygen atoms in total. The summed E-state index contributed by atoms with van der Waals surface area (Å²) < 4.78 is 1.92. The van der Waals surface area contributed by atoms with E-state index in [9.17, 15) is 0 Å². The second-order valence-corrected chi connectivity index (χ2v) is 5.29. The molecule has 3 rings (SSSR count). The van der Waals surface area contributed by atoms with E-state index >= 15 is 0 Å². The third-order valence-corrected chi connectivity index (χ3v) is 3.75. The maximum Gasteiger partial charge on any atom is 0.180 e. The van der Waals surface area contributed by atoms with Gasteiger partial charge in [-0.2, -0.15) is 0 Å². The van der Waals surface area contributed by atoms with E-state index in [1.165, 1.54) is 6.20 Å². The van der Waals surface area contributed by atoms with E-state index in [-0.39, 0.29) is 12.1 Å². The molecule has 1 aliphatic rings. The Morgan fingerprint density at radius 1 is 1.48 bits per heavy atom. The van der Waals surface area contributed by atoms with Crippen LogP contribution in [0.5, 0.6) is 0 Å². The first-order valence-electron chi connectivity index (χ1n) is 7.29. The highest BCUT2D eigenvalue weighted by Crippen LogP contribution is 2.22. The Bertz CT molecular complexity index is 805. The molecule has 0 fully saturated rings. The number of aromatic nitrogens is 3. The summed E-state index contributed by atoms with van der Waals surface area (Å²) in [5.74, 6) is 0.667. The van der Waals surface area contributed by atoms with Crippen molar-refractivity contribution in [1.29, 1.82) is 0 Å². The zero-order valence-electron chi connectivity index (χ0n) is 13.3. The number of anilines is 1. The van der Waals surface area contributed by atoms with Crippen molar-refractivity contribution in [2.24, 2.45) is 15.9 Å². The highest BCUT2D eigenvalue weighted by atomic mass is 16.6. The van der Waals surface area contributed by atoms with E-state index in [1.807, 2.05) is 24.4 Å². The molecule has 0 aliphatic carbocycles. The van der Waals surface area contributed by atoms with Gasteiger partial charge in [0.1, 0.15) is 12.1 Å². The molecule has 2 aromatic heterocycles. The molecule has 0 saturated heterocycles. The lowest BCUT2D eigenvalue weighted by Gasteiger charge is -2.16. The van der Waals surface area contributed by atoms with E-state index in [2.05, 4.69) is 25.4 Å². The highest BCUT2D eigenvalue weighted by Gasteiger charge is 2.28. The molecule has 3 N–H and O–H groups in total. The summed E-state index contributed by atoms with van der Waals surface area (Å²) in [5, 5.41) is 7.35. The van der Waals surface area contributed by atoms with Gasteiger partial charge in [0.2, 0.25) is 0 Å². The van der Waals surface area contributed by atoms with Crippen LogP contribution < -0.4 is 11.1 Å². The monoisotopic (exact) mass is 313 g/mol. The van der Waals surface area contributed by atoms with Gasteiger partial charge in [-0.15, -0.1) is 0 Å². The van der Waals surface area contributed by atoms with E-state index < -0.39 is 0 Å². The minimum atomic E-state index is -0.0572. The minimum absolute atomic E-state index is 0.0319. The highest BCUT2D eigenvalue weighted by molar-refractivity contribution is 6.09. The molecule has 0 amide bonds. The lowest BCUT2D eigenvalue weighted by atomic mass is 10.1. The molecule has 2 atom stereocenters. The SMILES string of the molecule is CN=CC(=CN)c1cnc2c(NC3C(C)=NOC3C)nccn12. The van der Waals surface area contributed by atoms with Crippen molar-refractivity contribution in [3.05, 3.63) is 30.5 Å². The van der Waals surface area contributed by atoms with Crippen LogP contribution in [-0.4, -0.2) is 45.5 Å². The number of rotatable bonds is 4.